The molecule has 1 nitrogen and oxygen atoms in total. The third-order valence-electron chi connectivity index (χ3n) is 12.1. The van der Waals surface area contributed by atoms with Gasteiger partial charge in [0.1, 0.15) is 0 Å². The van der Waals surface area contributed by atoms with E-state index in [1.165, 1.54) is 95.6 Å². The molecule has 61 heavy (non-hydrogen) atoms. The molecular weight excluding hydrogens is 775 g/mol. The lowest BCUT2D eigenvalue weighted by molar-refractivity contribution is 1.28. The first-order valence-electron chi connectivity index (χ1n) is 20.7. The smallest absolute Gasteiger partial charge is 0.0540 e. The molecule has 0 atom stereocenters. The molecule has 0 fully saturated rings. The minimum Gasteiger partial charge on any atom is -0.310 e. The molecule has 0 N–H and O–H groups in total. The Kier molecular flexibility index (Phi) is 8.62. The van der Waals surface area contributed by atoms with Crippen molar-refractivity contribution in [2.24, 2.45) is 0 Å². The van der Waals surface area contributed by atoms with E-state index in [1.807, 2.05) is 22.7 Å². The fourth-order valence-electron chi connectivity index (χ4n) is 9.16. The molecule has 0 saturated carbocycles. The lowest BCUT2D eigenvalue weighted by Gasteiger charge is -2.28. The van der Waals surface area contributed by atoms with Crippen LogP contribution in [0.1, 0.15) is 0 Å². The monoisotopic (exact) mass is 811 g/mol. The van der Waals surface area contributed by atoms with Gasteiger partial charge in [0.25, 0.3) is 0 Å². The number of thiophene rings is 2. The molecule has 10 aromatic carbocycles. The van der Waals surface area contributed by atoms with Crippen LogP contribution < -0.4 is 4.90 Å². The number of fused-ring (bicyclic) bond motifs is 7. The molecule has 12 aromatic rings. The van der Waals surface area contributed by atoms with Crippen molar-refractivity contribution >= 4 is 90.9 Å². The van der Waals surface area contributed by atoms with Gasteiger partial charge >= 0.3 is 0 Å². The van der Waals surface area contributed by atoms with Crippen LogP contribution in [0.15, 0.2) is 224 Å². The standard InChI is InChI=1S/C58H37NS2/c1-2-14-45-39(12-1)13-11-20-49(45)48-17-4-3-15-46(48)40-26-32-44(33-27-40)59(43-30-24-38(25-31-43)41-28-34-52-50-18-6-9-22-55(50)61-58(52)37-41)54-21-8-5-16-47(54)42-29-35-57-53(36-42)51-19-7-10-23-56(51)60-57/h1-37H. The van der Waals surface area contributed by atoms with Crippen LogP contribution in [0.2, 0.25) is 0 Å². The number of rotatable bonds is 7. The molecule has 0 spiro atoms. The second kappa shape index (κ2) is 14.8. The van der Waals surface area contributed by atoms with Gasteiger partial charge in [-0.3, -0.25) is 0 Å². The van der Waals surface area contributed by atoms with Crippen LogP contribution in [-0.2, 0) is 0 Å². The summed E-state index contributed by atoms with van der Waals surface area (Å²) in [5.41, 5.74) is 13.0. The highest BCUT2D eigenvalue weighted by molar-refractivity contribution is 7.26. The minimum absolute atomic E-state index is 1.10. The quantitative estimate of drug-likeness (QED) is 0.155. The van der Waals surface area contributed by atoms with Crippen LogP contribution >= 0.6 is 22.7 Å². The van der Waals surface area contributed by atoms with Gasteiger partial charge in [-0.1, -0.05) is 164 Å². The van der Waals surface area contributed by atoms with Gasteiger partial charge in [-0.2, -0.15) is 0 Å². The summed E-state index contributed by atoms with van der Waals surface area (Å²) in [6.07, 6.45) is 0. The fourth-order valence-corrected chi connectivity index (χ4v) is 11.4. The summed E-state index contributed by atoms with van der Waals surface area (Å²) in [6.45, 7) is 0. The summed E-state index contributed by atoms with van der Waals surface area (Å²) in [5.74, 6) is 0. The number of hydrogen-bond acceptors (Lipinski definition) is 3. The van der Waals surface area contributed by atoms with Crippen molar-refractivity contribution in [2.75, 3.05) is 4.90 Å². The van der Waals surface area contributed by atoms with E-state index in [9.17, 15) is 0 Å². The summed E-state index contributed by atoms with van der Waals surface area (Å²) in [6, 6.07) is 82.5. The van der Waals surface area contributed by atoms with Gasteiger partial charge in [0.2, 0.25) is 0 Å². The zero-order chi connectivity index (χ0) is 40.3. The first-order valence-corrected chi connectivity index (χ1v) is 22.4. The third-order valence-corrected chi connectivity index (χ3v) is 14.4. The first-order chi connectivity index (χ1) is 30.2. The second-order valence-corrected chi connectivity index (χ2v) is 17.8. The Bertz CT molecular complexity index is 3590. The molecule has 0 aliphatic carbocycles. The Hall–Kier alpha value is -7.30. The molecule has 0 aliphatic heterocycles. The summed E-state index contributed by atoms with van der Waals surface area (Å²) in [5, 5.41) is 7.76. The minimum atomic E-state index is 1.10. The molecule has 2 aromatic heterocycles. The van der Waals surface area contributed by atoms with Gasteiger partial charge in [-0.15, -0.1) is 22.7 Å². The summed E-state index contributed by atoms with van der Waals surface area (Å²) in [4.78, 5) is 2.42. The van der Waals surface area contributed by atoms with E-state index in [4.69, 9.17) is 0 Å². The van der Waals surface area contributed by atoms with Crippen LogP contribution in [0.5, 0.6) is 0 Å². The normalized spacial score (nSPS) is 11.6. The van der Waals surface area contributed by atoms with Gasteiger partial charge in [0.15, 0.2) is 0 Å². The molecular formula is C58H37NS2. The maximum atomic E-state index is 2.42. The first kappa shape index (κ1) is 35.6. The molecule has 2 heterocycles. The van der Waals surface area contributed by atoms with E-state index >= 15 is 0 Å². The summed E-state index contributed by atoms with van der Waals surface area (Å²) >= 11 is 3.73. The average molecular weight is 812 g/mol. The van der Waals surface area contributed by atoms with E-state index in [-0.39, 0.29) is 0 Å². The predicted molar refractivity (Wildman–Crippen MR) is 266 cm³/mol. The Morgan fingerprint density at radius 3 is 1.54 bits per heavy atom. The van der Waals surface area contributed by atoms with Crippen LogP contribution in [0, 0.1) is 0 Å². The number of para-hydroxylation sites is 1. The molecule has 0 saturated heterocycles. The predicted octanol–water partition coefficient (Wildman–Crippen LogP) is 17.7. The van der Waals surface area contributed by atoms with E-state index < -0.39 is 0 Å². The number of anilines is 3. The largest absolute Gasteiger partial charge is 0.310 e. The molecule has 3 heteroatoms. The van der Waals surface area contributed by atoms with E-state index in [0.29, 0.717) is 0 Å². The van der Waals surface area contributed by atoms with Crippen LogP contribution in [0.25, 0.3) is 95.6 Å². The van der Waals surface area contributed by atoms with Gasteiger partial charge in [-0.25, -0.2) is 0 Å². The Morgan fingerprint density at radius 1 is 0.262 bits per heavy atom. The highest BCUT2D eigenvalue weighted by Crippen LogP contribution is 2.45. The Balaban J connectivity index is 0.980. The zero-order valence-corrected chi connectivity index (χ0v) is 34.8. The van der Waals surface area contributed by atoms with E-state index in [1.54, 1.807) is 0 Å². The molecule has 12 rings (SSSR count). The van der Waals surface area contributed by atoms with Crippen molar-refractivity contribution in [3.8, 4) is 44.5 Å². The molecule has 286 valence electrons. The lowest BCUT2D eigenvalue weighted by atomic mass is 9.91. The average Bonchev–Trinajstić information content (AvgIpc) is 3.90. The lowest BCUT2D eigenvalue weighted by Crippen LogP contribution is -2.11. The number of hydrogen-bond donors (Lipinski definition) is 0. The van der Waals surface area contributed by atoms with Crippen molar-refractivity contribution < 1.29 is 0 Å². The van der Waals surface area contributed by atoms with E-state index in [0.717, 1.165) is 17.1 Å². The van der Waals surface area contributed by atoms with Gasteiger partial charge < -0.3 is 4.90 Å². The second-order valence-electron chi connectivity index (χ2n) is 15.6. The maximum Gasteiger partial charge on any atom is 0.0540 e. The van der Waals surface area contributed by atoms with Crippen LogP contribution in [-0.4, -0.2) is 0 Å². The van der Waals surface area contributed by atoms with Crippen LogP contribution in [0.3, 0.4) is 0 Å². The van der Waals surface area contributed by atoms with Crippen molar-refractivity contribution in [3.05, 3.63) is 224 Å². The summed E-state index contributed by atoms with van der Waals surface area (Å²) in [7, 11) is 0. The van der Waals surface area contributed by atoms with Gasteiger partial charge in [0, 0.05) is 57.3 Å². The Labute approximate surface area is 362 Å². The number of nitrogens with zero attached hydrogens (tertiary/aromatic N) is 1. The van der Waals surface area contributed by atoms with Crippen molar-refractivity contribution in [2.45, 2.75) is 0 Å². The summed E-state index contributed by atoms with van der Waals surface area (Å²) < 4.78 is 5.27. The highest BCUT2D eigenvalue weighted by atomic mass is 32.1. The molecule has 0 aliphatic rings. The van der Waals surface area contributed by atoms with Crippen LogP contribution in [0.4, 0.5) is 17.1 Å². The van der Waals surface area contributed by atoms with Crippen molar-refractivity contribution in [1.29, 1.82) is 0 Å². The Morgan fingerprint density at radius 2 is 0.770 bits per heavy atom. The SMILES string of the molecule is c1ccc(-c2cccc3ccccc23)c(-c2ccc(N(c3ccc(-c4ccc5c(c4)sc4ccccc45)cc3)c3ccccc3-c3ccc4sc5ccccc5c4c3)cc2)c1. The fraction of sp³-hybridized carbons (Fsp3) is 0. The van der Waals surface area contributed by atoms with E-state index in [2.05, 4.69) is 229 Å². The van der Waals surface area contributed by atoms with Gasteiger partial charge in [0.05, 0.1) is 5.69 Å². The maximum absolute atomic E-state index is 2.42. The van der Waals surface area contributed by atoms with Crippen molar-refractivity contribution in [1.82, 2.24) is 0 Å². The zero-order valence-electron chi connectivity index (χ0n) is 33.1. The molecule has 0 unspecified atom stereocenters. The third kappa shape index (κ3) is 6.21. The van der Waals surface area contributed by atoms with Gasteiger partial charge in [-0.05, 0) is 110 Å². The van der Waals surface area contributed by atoms with Crippen molar-refractivity contribution in [3.63, 3.8) is 0 Å². The number of benzene rings is 10. The topological polar surface area (TPSA) is 3.24 Å². The molecule has 0 bridgehead atoms. The molecule has 0 amide bonds. The highest BCUT2D eigenvalue weighted by Gasteiger charge is 2.19. The molecule has 0 radical (unpaired) electrons.